The number of carbonyl (C=O) groups excluding carboxylic acids is 1. The van der Waals surface area contributed by atoms with Crippen molar-refractivity contribution in [2.24, 2.45) is 17.8 Å². The summed E-state index contributed by atoms with van der Waals surface area (Å²) in [6.45, 7) is 0.540. The Morgan fingerprint density at radius 2 is 1.93 bits per heavy atom. The number of rotatable bonds is 8. The molecule has 0 saturated heterocycles. The Kier molecular flexibility index (Phi) is 6.18. The van der Waals surface area contributed by atoms with Crippen LogP contribution in [0.4, 0.5) is 0 Å². The minimum atomic E-state index is -1.03. The van der Waals surface area contributed by atoms with Gasteiger partial charge in [-0.05, 0) is 73.8 Å². The highest BCUT2D eigenvalue weighted by molar-refractivity contribution is 6.01. The number of fused-ring (bicyclic) bond motifs is 1. The lowest BCUT2D eigenvalue weighted by Crippen LogP contribution is -2.39. The minimum Gasteiger partial charge on any atom is -0.489 e. The summed E-state index contributed by atoms with van der Waals surface area (Å²) in [5, 5.41) is 20.0. The van der Waals surface area contributed by atoms with Gasteiger partial charge in [-0.25, -0.2) is 0 Å². The first-order chi connectivity index (χ1) is 14.5. The van der Waals surface area contributed by atoms with Crippen molar-refractivity contribution >= 4 is 11.8 Å². The van der Waals surface area contributed by atoms with Gasteiger partial charge in [-0.3, -0.25) is 9.59 Å². The normalized spacial score (nSPS) is 26.4. The van der Waals surface area contributed by atoms with Crippen LogP contribution in [0.15, 0.2) is 65.5 Å². The summed E-state index contributed by atoms with van der Waals surface area (Å²) in [4.78, 5) is 24.6. The quantitative estimate of drug-likeness (QED) is 0.639. The molecule has 2 N–H and O–H groups in total. The first-order valence-corrected chi connectivity index (χ1v) is 10.8. The molecule has 2 unspecified atom stereocenters. The maximum atomic E-state index is 13.1. The van der Waals surface area contributed by atoms with Gasteiger partial charge >= 0.3 is 5.97 Å². The average Bonchev–Trinajstić information content (AvgIpc) is 3.33. The fourth-order valence-corrected chi connectivity index (χ4v) is 4.87. The molecule has 0 radical (unpaired) electrons. The van der Waals surface area contributed by atoms with Gasteiger partial charge in [0.05, 0.1) is 6.10 Å². The number of ketones is 1. The third-order valence-corrected chi connectivity index (χ3v) is 6.53. The molecule has 5 heteroatoms. The molecule has 2 aliphatic carbocycles. The minimum absolute atomic E-state index is 0.0435. The van der Waals surface area contributed by atoms with Crippen molar-refractivity contribution in [1.29, 1.82) is 0 Å². The topological polar surface area (TPSA) is 83.8 Å². The second kappa shape index (κ2) is 9.00. The Morgan fingerprint density at radius 1 is 1.13 bits per heavy atom. The second-order valence-corrected chi connectivity index (χ2v) is 8.49. The lowest BCUT2D eigenvalue weighted by Gasteiger charge is -2.34. The van der Waals surface area contributed by atoms with E-state index >= 15 is 0 Å². The number of aryl methyl sites for hydroxylation is 1. The molecule has 0 spiro atoms. The molecule has 0 bridgehead atoms. The summed E-state index contributed by atoms with van der Waals surface area (Å²) in [6.07, 6.45) is 9.28. The Bertz CT molecular complexity index is 895. The summed E-state index contributed by atoms with van der Waals surface area (Å²) in [6, 6.07) is 10.1. The maximum Gasteiger partial charge on any atom is 0.314 e. The van der Waals surface area contributed by atoms with Gasteiger partial charge in [-0.1, -0.05) is 30.3 Å². The Hall–Kier alpha value is -2.66. The van der Waals surface area contributed by atoms with Gasteiger partial charge in [0.25, 0.3) is 0 Å². The highest BCUT2D eigenvalue weighted by Crippen LogP contribution is 2.43. The molecule has 1 fully saturated rings. The van der Waals surface area contributed by atoms with Crippen molar-refractivity contribution < 1.29 is 24.5 Å². The highest BCUT2D eigenvalue weighted by atomic mass is 16.5. The van der Waals surface area contributed by atoms with Crippen molar-refractivity contribution in [1.82, 2.24) is 0 Å². The second-order valence-electron chi connectivity index (χ2n) is 8.49. The van der Waals surface area contributed by atoms with E-state index in [9.17, 15) is 19.8 Å². The van der Waals surface area contributed by atoms with Crippen LogP contribution in [0.25, 0.3) is 0 Å². The number of aliphatic hydroxyl groups is 1. The molecule has 1 aromatic rings. The predicted octanol–water partition coefficient (Wildman–Crippen LogP) is 3.84. The van der Waals surface area contributed by atoms with Gasteiger partial charge in [-0.2, -0.15) is 0 Å². The van der Waals surface area contributed by atoms with Crippen LogP contribution in [0, 0.1) is 17.8 Å². The number of allylic oxidation sites excluding steroid dienone is 3. The molecule has 1 aromatic carbocycles. The van der Waals surface area contributed by atoms with Crippen molar-refractivity contribution in [2.75, 3.05) is 6.61 Å². The van der Waals surface area contributed by atoms with E-state index in [0.717, 1.165) is 23.3 Å². The molecule has 3 aliphatic rings. The molecule has 0 amide bonds. The van der Waals surface area contributed by atoms with E-state index in [2.05, 4.69) is 12.1 Å². The van der Waals surface area contributed by atoms with Crippen LogP contribution >= 0.6 is 0 Å². The Labute approximate surface area is 176 Å². The number of carboxylic acids is 1. The van der Waals surface area contributed by atoms with Crippen LogP contribution in [-0.2, 0) is 20.7 Å². The van der Waals surface area contributed by atoms with Gasteiger partial charge in [0.15, 0.2) is 5.78 Å². The Morgan fingerprint density at radius 3 is 2.67 bits per heavy atom. The van der Waals surface area contributed by atoms with Crippen molar-refractivity contribution in [3.8, 4) is 0 Å². The number of aliphatic hydroxyl groups excluding tert-OH is 1. The summed E-state index contributed by atoms with van der Waals surface area (Å²) in [7, 11) is 0. The molecular formula is C25H28O5. The molecule has 1 heterocycles. The molecule has 30 heavy (non-hydrogen) atoms. The lowest BCUT2D eigenvalue weighted by atomic mass is 9.68. The van der Waals surface area contributed by atoms with Crippen LogP contribution in [0.3, 0.4) is 0 Å². The van der Waals surface area contributed by atoms with Gasteiger partial charge in [0.1, 0.15) is 18.3 Å². The van der Waals surface area contributed by atoms with Crippen molar-refractivity contribution in [3.05, 3.63) is 71.0 Å². The zero-order valence-corrected chi connectivity index (χ0v) is 17.0. The molecule has 0 aromatic heterocycles. The van der Waals surface area contributed by atoms with E-state index in [4.69, 9.17) is 4.74 Å². The third-order valence-electron chi connectivity index (χ3n) is 6.53. The lowest BCUT2D eigenvalue weighted by molar-refractivity contribution is -0.149. The standard InChI is InChI=1S/C25H28O5/c26-20(9-6-16-4-2-1-3-5-16)10-7-17-8-11-21(25(28)29)24(27)23(17)19-14-18-12-13-30-22(18)15-19/h1-5,12,14-15,17,20-21,23,26H,6-11,13H2,(H,28,29)/t17-,20-,21?,23?/m0/s1. The predicted molar refractivity (Wildman–Crippen MR) is 113 cm³/mol. The van der Waals surface area contributed by atoms with E-state index in [-0.39, 0.29) is 11.7 Å². The zero-order valence-electron chi connectivity index (χ0n) is 17.0. The smallest absolute Gasteiger partial charge is 0.314 e. The van der Waals surface area contributed by atoms with Gasteiger partial charge in [0.2, 0.25) is 0 Å². The highest BCUT2D eigenvalue weighted by Gasteiger charge is 2.43. The molecule has 1 aliphatic heterocycles. The summed E-state index contributed by atoms with van der Waals surface area (Å²) in [5.41, 5.74) is 3.04. The van der Waals surface area contributed by atoms with E-state index < -0.39 is 23.9 Å². The maximum absolute atomic E-state index is 13.1. The molecule has 158 valence electrons. The van der Waals surface area contributed by atoms with Gasteiger partial charge in [0, 0.05) is 11.5 Å². The largest absolute Gasteiger partial charge is 0.489 e. The SMILES string of the molecule is O=C(O)C1CC[C@H](CC[C@@H](O)CCc2ccccc2)C(C2=CC3=CCOC3=C2)C1=O. The zero-order chi connectivity index (χ0) is 21.1. The number of benzene rings is 1. The monoisotopic (exact) mass is 408 g/mol. The first-order valence-electron chi connectivity index (χ1n) is 10.8. The van der Waals surface area contributed by atoms with Gasteiger partial charge in [-0.15, -0.1) is 0 Å². The van der Waals surface area contributed by atoms with Crippen LogP contribution in [0.5, 0.6) is 0 Å². The number of hydrogen-bond donors (Lipinski definition) is 2. The number of hydrogen-bond acceptors (Lipinski definition) is 4. The molecule has 4 atom stereocenters. The van der Waals surface area contributed by atoms with Gasteiger partial charge < -0.3 is 14.9 Å². The molecule has 4 rings (SSSR count). The van der Waals surface area contributed by atoms with Crippen LogP contribution in [0.2, 0.25) is 0 Å². The number of aliphatic carboxylic acids is 1. The summed E-state index contributed by atoms with van der Waals surface area (Å²) >= 11 is 0. The fourth-order valence-electron chi connectivity index (χ4n) is 4.87. The van der Waals surface area contributed by atoms with E-state index in [0.29, 0.717) is 38.7 Å². The summed E-state index contributed by atoms with van der Waals surface area (Å²) < 4.78 is 5.56. The van der Waals surface area contributed by atoms with Crippen molar-refractivity contribution in [2.45, 2.75) is 44.6 Å². The number of ether oxygens (including phenoxy) is 1. The third kappa shape index (κ3) is 4.41. The fraction of sp³-hybridized carbons (Fsp3) is 0.440. The Balaban J connectivity index is 1.42. The van der Waals surface area contributed by atoms with Crippen LogP contribution in [0.1, 0.15) is 37.7 Å². The number of Topliss-reactive ketones (excluding diaryl/α,β-unsaturated/α-hetero) is 1. The van der Waals surface area contributed by atoms with E-state index in [1.165, 1.54) is 5.56 Å². The molecular weight excluding hydrogens is 380 g/mol. The van der Waals surface area contributed by atoms with E-state index in [1.807, 2.05) is 36.4 Å². The summed E-state index contributed by atoms with van der Waals surface area (Å²) in [5.74, 6) is -1.80. The first kappa shape index (κ1) is 20.6. The molecule has 5 nitrogen and oxygen atoms in total. The van der Waals surface area contributed by atoms with Crippen molar-refractivity contribution in [3.63, 3.8) is 0 Å². The number of carbonyl (C=O) groups is 2. The van der Waals surface area contributed by atoms with Crippen LogP contribution in [-0.4, -0.2) is 34.7 Å². The number of carboxylic acid groups (broad SMARTS) is 1. The average molecular weight is 408 g/mol. The molecule has 1 saturated carbocycles. The van der Waals surface area contributed by atoms with Crippen LogP contribution < -0.4 is 0 Å². The van der Waals surface area contributed by atoms with E-state index in [1.54, 1.807) is 0 Å².